The van der Waals surface area contributed by atoms with Gasteiger partial charge in [-0.05, 0) is 40.9 Å². The van der Waals surface area contributed by atoms with E-state index < -0.39 is 0 Å². The number of halogens is 2. The van der Waals surface area contributed by atoms with E-state index in [0.717, 1.165) is 10.0 Å². The number of hydrogen-bond acceptors (Lipinski definition) is 3. The SMILES string of the molecule is Fc1cccc(CNC2CC2)c1Oc1cncc(Br)c1. The molecule has 1 saturated carbocycles. The summed E-state index contributed by atoms with van der Waals surface area (Å²) >= 11 is 3.32. The summed E-state index contributed by atoms with van der Waals surface area (Å²) in [7, 11) is 0. The summed E-state index contributed by atoms with van der Waals surface area (Å²) in [5.74, 6) is 0.415. The van der Waals surface area contributed by atoms with Crippen molar-refractivity contribution in [2.45, 2.75) is 25.4 Å². The number of para-hydroxylation sites is 1. The Hall–Kier alpha value is -1.46. The van der Waals surface area contributed by atoms with Gasteiger partial charge in [0.15, 0.2) is 11.6 Å². The fourth-order valence-corrected chi connectivity index (χ4v) is 2.26. The van der Waals surface area contributed by atoms with Crippen LogP contribution in [0.1, 0.15) is 18.4 Å². The highest BCUT2D eigenvalue weighted by Crippen LogP contribution is 2.30. The van der Waals surface area contributed by atoms with E-state index in [0.29, 0.717) is 18.3 Å². The smallest absolute Gasteiger partial charge is 0.167 e. The average molecular weight is 337 g/mol. The van der Waals surface area contributed by atoms with Gasteiger partial charge in [-0.3, -0.25) is 4.98 Å². The topological polar surface area (TPSA) is 34.1 Å². The Morgan fingerprint density at radius 2 is 2.20 bits per heavy atom. The molecule has 0 saturated heterocycles. The van der Waals surface area contributed by atoms with Gasteiger partial charge < -0.3 is 10.1 Å². The monoisotopic (exact) mass is 336 g/mol. The van der Waals surface area contributed by atoms with Gasteiger partial charge in [0.2, 0.25) is 0 Å². The minimum Gasteiger partial charge on any atom is -0.452 e. The van der Waals surface area contributed by atoms with Gasteiger partial charge >= 0.3 is 0 Å². The number of benzene rings is 1. The van der Waals surface area contributed by atoms with Gasteiger partial charge in [-0.2, -0.15) is 0 Å². The van der Waals surface area contributed by atoms with Crippen molar-refractivity contribution < 1.29 is 9.13 Å². The lowest BCUT2D eigenvalue weighted by Crippen LogP contribution is -2.16. The zero-order valence-corrected chi connectivity index (χ0v) is 12.4. The summed E-state index contributed by atoms with van der Waals surface area (Å²) in [5.41, 5.74) is 0.817. The van der Waals surface area contributed by atoms with Crippen molar-refractivity contribution in [3.05, 3.63) is 52.5 Å². The molecule has 1 aliphatic carbocycles. The van der Waals surface area contributed by atoms with Gasteiger partial charge in [-0.15, -0.1) is 0 Å². The molecule has 1 aromatic carbocycles. The van der Waals surface area contributed by atoms with Crippen LogP contribution < -0.4 is 10.1 Å². The van der Waals surface area contributed by atoms with E-state index in [9.17, 15) is 4.39 Å². The first-order chi connectivity index (χ1) is 9.72. The van der Waals surface area contributed by atoms with Crippen LogP contribution in [0.15, 0.2) is 41.1 Å². The first-order valence-corrected chi connectivity index (χ1v) is 7.31. The molecule has 3 nitrogen and oxygen atoms in total. The Labute approximate surface area is 125 Å². The fourth-order valence-electron chi connectivity index (χ4n) is 1.91. The molecule has 2 aromatic rings. The third kappa shape index (κ3) is 3.35. The molecule has 1 aromatic heterocycles. The minimum atomic E-state index is -0.361. The van der Waals surface area contributed by atoms with E-state index in [-0.39, 0.29) is 11.6 Å². The molecule has 1 heterocycles. The normalized spacial score (nSPS) is 14.3. The summed E-state index contributed by atoms with van der Waals surface area (Å²) in [6.07, 6.45) is 5.61. The number of nitrogens with one attached hydrogen (secondary N) is 1. The van der Waals surface area contributed by atoms with Gasteiger partial charge in [0, 0.05) is 28.8 Å². The Bertz CT molecular complexity index is 617. The number of ether oxygens (including phenoxy) is 1. The number of rotatable bonds is 5. The van der Waals surface area contributed by atoms with Crippen LogP contribution in [0, 0.1) is 5.82 Å². The number of nitrogens with zero attached hydrogens (tertiary/aromatic N) is 1. The molecule has 1 fully saturated rings. The Morgan fingerprint density at radius 3 is 2.95 bits per heavy atom. The molecule has 0 bridgehead atoms. The predicted molar refractivity (Wildman–Crippen MR) is 78.3 cm³/mol. The second-order valence-corrected chi connectivity index (χ2v) is 5.74. The van der Waals surface area contributed by atoms with Crippen LogP contribution in [-0.4, -0.2) is 11.0 Å². The van der Waals surface area contributed by atoms with E-state index in [4.69, 9.17) is 4.74 Å². The molecule has 104 valence electrons. The Balaban J connectivity index is 1.82. The molecular weight excluding hydrogens is 323 g/mol. The Morgan fingerprint density at radius 1 is 1.35 bits per heavy atom. The van der Waals surface area contributed by atoms with Crippen LogP contribution in [0.2, 0.25) is 0 Å². The van der Waals surface area contributed by atoms with Crippen LogP contribution >= 0.6 is 15.9 Å². The van der Waals surface area contributed by atoms with Crippen LogP contribution in [0.3, 0.4) is 0 Å². The molecule has 0 spiro atoms. The van der Waals surface area contributed by atoms with Crippen molar-refractivity contribution in [2.75, 3.05) is 0 Å². The predicted octanol–water partition coefficient (Wildman–Crippen LogP) is 4.03. The lowest BCUT2D eigenvalue weighted by atomic mass is 10.2. The van der Waals surface area contributed by atoms with Crippen molar-refractivity contribution in [3.63, 3.8) is 0 Å². The highest BCUT2D eigenvalue weighted by Gasteiger charge is 2.21. The molecule has 0 aliphatic heterocycles. The van der Waals surface area contributed by atoms with Crippen molar-refractivity contribution >= 4 is 15.9 Å². The van der Waals surface area contributed by atoms with E-state index in [1.165, 1.54) is 18.9 Å². The van der Waals surface area contributed by atoms with Gasteiger partial charge in [-0.25, -0.2) is 4.39 Å². The lowest BCUT2D eigenvalue weighted by molar-refractivity contribution is 0.431. The summed E-state index contributed by atoms with van der Waals surface area (Å²) < 4.78 is 20.5. The van der Waals surface area contributed by atoms with E-state index in [1.54, 1.807) is 24.5 Å². The van der Waals surface area contributed by atoms with Crippen LogP contribution in [0.4, 0.5) is 4.39 Å². The van der Waals surface area contributed by atoms with Crippen molar-refractivity contribution in [3.8, 4) is 11.5 Å². The molecule has 5 heteroatoms. The number of pyridine rings is 1. The molecule has 0 radical (unpaired) electrons. The first-order valence-electron chi connectivity index (χ1n) is 6.51. The molecular formula is C15H14BrFN2O. The molecule has 0 unspecified atom stereocenters. The zero-order chi connectivity index (χ0) is 13.9. The average Bonchev–Trinajstić information content (AvgIpc) is 3.24. The van der Waals surface area contributed by atoms with Gasteiger partial charge in [0.05, 0.1) is 6.20 Å². The second-order valence-electron chi connectivity index (χ2n) is 4.82. The number of hydrogen-bond donors (Lipinski definition) is 1. The zero-order valence-electron chi connectivity index (χ0n) is 10.8. The van der Waals surface area contributed by atoms with E-state index in [2.05, 4.69) is 26.2 Å². The van der Waals surface area contributed by atoms with Gasteiger partial charge in [0.25, 0.3) is 0 Å². The summed E-state index contributed by atoms with van der Waals surface area (Å²) in [4.78, 5) is 4.01. The second kappa shape index (κ2) is 5.89. The summed E-state index contributed by atoms with van der Waals surface area (Å²) in [6.45, 7) is 0.610. The molecule has 1 aliphatic rings. The van der Waals surface area contributed by atoms with Gasteiger partial charge in [0.1, 0.15) is 5.75 Å². The van der Waals surface area contributed by atoms with E-state index >= 15 is 0 Å². The maximum atomic E-state index is 14.0. The van der Waals surface area contributed by atoms with Crippen molar-refractivity contribution in [2.24, 2.45) is 0 Å². The molecule has 20 heavy (non-hydrogen) atoms. The maximum Gasteiger partial charge on any atom is 0.167 e. The van der Waals surface area contributed by atoms with E-state index in [1.807, 2.05) is 6.07 Å². The van der Waals surface area contributed by atoms with Crippen molar-refractivity contribution in [1.82, 2.24) is 10.3 Å². The molecule has 0 atom stereocenters. The molecule has 0 amide bonds. The van der Waals surface area contributed by atoms with Crippen molar-refractivity contribution in [1.29, 1.82) is 0 Å². The summed E-state index contributed by atoms with van der Waals surface area (Å²) in [5, 5.41) is 3.37. The molecule has 1 N–H and O–H groups in total. The standard InChI is InChI=1S/C15H14BrFN2O/c16-11-6-13(9-18-8-11)20-15-10(2-1-3-14(15)17)7-19-12-4-5-12/h1-3,6,8-9,12,19H,4-5,7H2. The third-order valence-electron chi connectivity index (χ3n) is 3.11. The van der Waals surface area contributed by atoms with Gasteiger partial charge in [-0.1, -0.05) is 12.1 Å². The first kappa shape index (κ1) is 13.5. The van der Waals surface area contributed by atoms with Crippen LogP contribution in [0.5, 0.6) is 11.5 Å². The highest BCUT2D eigenvalue weighted by molar-refractivity contribution is 9.10. The highest BCUT2D eigenvalue weighted by atomic mass is 79.9. The number of aromatic nitrogens is 1. The van der Waals surface area contributed by atoms with Crippen LogP contribution in [0.25, 0.3) is 0 Å². The maximum absolute atomic E-state index is 14.0. The molecule has 3 rings (SSSR count). The third-order valence-corrected chi connectivity index (χ3v) is 3.54. The fraction of sp³-hybridized carbons (Fsp3) is 0.267. The summed E-state index contributed by atoms with van der Waals surface area (Å²) in [6, 6.07) is 7.31. The lowest BCUT2D eigenvalue weighted by Gasteiger charge is -2.12. The Kier molecular flexibility index (Phi) is 3.98. The largest absolute Gasteiger partial charge is 0.452 e. The van der Waals surface area contributed by atoms with Crippen LogP contribution in [-0.2, 0) is 6.54 Å². The quantitative estimate of drug-likeness (QED) is 0.895. The minimum absolute atomic E-state index is 0.264.